The van der Waals surface area contributed by atoms with E-state index in [1.807, 2.05) is 36.1 Å². The molecule has 0 amide bonds. The number of carboxylic acids is 1. The van der Waals surface area contributed by atoms with E-state index < -0.39 is 12.0 Å². The van der Waals surface area contributed by atoms with Gasteiger partial charge in [-0.25, -0.2) is 0 Å². The minimum atomic E-state index is -0.778. The highest BCUT2D eigenvalue weighted by molar-refractivity contribution is 5.70. The fraction of sp³-hybridized carbons (Fsp3) is 0.500. The molecule has 112 valence electrons. The molecular weight excluding hydrogens is 268 g/mol. The number of aliphatic carboxylic acids is 1. The predicted molar refractivity (Wildman–Crippen MR) is 77.9 cm³/mol. The molecule has 1 fully saturated rings. The van der Waals surface area contributed by atoms with Crippen LogP contribution in [0.5, 0.6) is 5.75 Å². The van der Waals surface area contributed by atoms with Gasteiger partial charge in [0.05, 0.1) is 18.6 Å². The van der Waals surface area contributed by atoms with Crippen molar-refractivity contribution in [1.82, 2.24) is 4.90 Å². The minimum absolute atomic E-state index is 0.385. The van der Waals surface area contributed by atoms with Crippen molar-refractivity contribution < 1.29 is 14.6 Å². The van der Waals surface area contributed by atoms with E-state index in [-0.39, 0.29) is 5.92 Å². The van der Waals surface area contributed by atoms with Crippen LogP contribution in [0.2, 0.25) is 0 Å². The van der Waals surface area contributed by atoms with Crippen molar-refractivity contribution in [1.29, 1.82) is 5.26 Å². The number of piperidine rings is 1. The molecule has 1 N–H and O–H groups in total. The standard InChI is InChI=1S/C16H20N2O3/c1-2-21-14-7-3-5-12(9-14)15(10-17)18-8-4-6-13(11-18)16(19)20/h3,5,7,9,13,15H,2,4,6,8,11H2,1H3,(H,19,20). The first kappa shape index (κ1) is 15.3. The summed E-state index contributed by atoms with van der Waals surface area (Å²) in [6.07, 6.45) is 1.49. The topological polar surface area (TPSA) is 73.6 Å². The molecule has 1 aliphatic heterocycles. The van der Waals surface area contributed by atoms with E-state index in [0.29, 0.717) is 19.6 Å². The molecule has 0 radical (unpaired) electrons. The number of carboxylic acid groups (broad SMARTS) is 1. The first-order valence-electron chi connectivity index (χ1n) is 7.25. The van der Waals surface area contributed by atoms with Gasteiger partial charge in [-0.15, -0.1) is 0 Å². The number of ether oxygens (including phenoxy) is 1. The van der Waals surface area contributed by atoms with Crippen molar-refractivity contribution in [3.8, 4) is 11.8 Å². The second kappa shape index (κ2) is 7.09. The quantitative estimate of drug-likeness (QED) is 0.901. The van der Waals surface area contributed by atoms with Crippen molar-refractivity contribution in [2.24, 2.45) is 5.92 Å². The Morgan fingerprint density at radius 3 is 3.10 bits per heavy atom. The van der Waals surface area contributed by atoms with Crippen LogP contribution in [0.15, 0.2) is 24.3 Å². The Morgan fingerprint density at radius 1 is 1.62 bits per heavy atom. The smallest absolute Gasteiger partial charge is 0.307 e. The zero-order valence-corrected chi connectivity index (χ0v) is 12.2. The van der Waals surface area contributed by atoms with E-state index in [0.717, 1.165) is 24.3 Å². The van der Waals surface area contributed by atoms with Crippen LogP contribution < -0.4 is 4.74 Å². The molecule has 5 heteroatoms. The molecule has 0 aromatic heterocycles. The zero-order chi connectivity index (χ0) is 15.2. The highest BCUT2D eigenvalue weighted by Crippen LogP contribution is 2.28. The average Bonchev–Trinajstić information content (AvgIpc) is 2.49. The van der Waals surface area contributed by atoms with Crippen molar-refractivity contribution >= 4 is 5.97 Å². The Kier molecular flexibility index (Phi) is 5.18. The molecule has 21 heavy (non-hydrogen) atoms. The van der Waals surface area contributed by atoms with Crippen LogP contribution in [-0.2, 0) is 4.79 Å². The zero-order valence-electron chi connectivity index (χ0n) is 12.2. The maximum atomic E-state index is 11.2. The first-order valence-corrected chi connectivity index (χ1v) is 7.25. The second-order valence-electron chi connectivity index (χ2n) is 5.21. The van der Waals surface area contributed by atoms with Crippen LogP contribution in [0.25, 0.3) is 0 Å². The van der Waals surface area contributed by atoms with Gasteiger partial charge in [0.25, 0.3) is 0 Å². The number of nitrogens with zero attached hydrogens (tertiary/aromatic N) is 2. The summed E-state index contributed by atoms with van der Waals surface area (Å²) in [5.74, 6) is -0.425. The van der Waals surface area contributed by atoms with E-state index in [4.69, 9.17) is 9.84 Å². The summed E-state index contributed by atoms with van der Waals surface area (Å²) < 4.78 is 5.47. The normalized spacial score (nSPS) is 20.5. The lowest BCUT2D eigenvalue weighted by molar-refractivity contribution is -0.143. The number of likely N-dealkylation sites (tertiary alicyclic amines) is 1. The lowest BCUT2D eigenvalue weighted by Gasteiger charge is -2.34. The molecule has 1 aromatic carbocycles. The van der Waals surface area contributed by atoms with Crippen LogP contribution in [0.3, 0.4) is 0 Å². The maximum Gasteiger partial charge on any atom is 0.307 e. The van der Waals surface area contributed by atoms with Gasteiger partial charge in [0.2, 0.25) is 0 Å². The molecule has 1 aromatic rings. The van der Waals surface area contributed by atoms with Gasteiger partial charge in [0.1, 0.15) is 11.8 Å². The number of rotatable bonds is 5. The second-order valence-corrected chi connectivity index (χ2v) is 5.21. The van der Waals surface area contributed by atoms with E-state index in [9.17, 15) is 10.1 Å². The van der Waals surface area contributed by atoms with Crippen LogP contribution in [0, 0.1) is 17.2 Å². The van der Waals surface area contributed by atoms with Gasteiger partial charge in [-0.2, -0.15) is 5.26 Å². The van der Waals surface area contributed by atoms with Gasteiger partial charge < -0.3 is 9.84 Å². The lowest BCUT2D eigenvalue weighted by Crippen LogP contribution is -2.40. The fourth-order valence-corrected chi connectivity index (χ4v) is 2.75. The van der Waals surface area contributed by atoms with Crippen LogP contribution >= 0.6 is 0 Å². The summed E-state index contributed by atoms with van der Waals surface area (Å²) in [6.45, 7) is 3.66. The van der Waals surface area contributed by atoms with E-state index in [2.05, 4.69) is 6.07 Å². The Labute approximate surface area is 124 Å². The lowest BCUT2D eigenvalue weighted by atomic mass is 9.95. The molecule has 2 atom stereocenters. The maximum absolute atomic E-state index is 11.2. The summed E-state index contributed by atoms with van der Waals surface area (Å²) in [7, 11) is 0. The van der Waals surface area contributed by atoms with Crippen molar-refractivity contribution in [3.05, 3.63) is 29.8 Å². The predicted octanol–water partition coefficient (Wildman–Crippen LogP) is 2.45. The monoisotopic (exact) mass is 288 g/mol. The summed E-state index contributed by atoms with van der Waals surface area (Å²) in [5.41, 5.74) is 0.856. The first-order chi connectivity index (χ1) is 10.2. The van der Waals surface area contributed by atoms with E-state index in [1.165, 1.54) is 0 Å². The fourth-order valence-electron chi connectivity index (χ4n) is 2.75. The molecule has 0 bridgehead atoms. The molecule has 1 saturated heterocycles. The molecule has 0 spiro atoms. The molecule has 1 heterocycles. The van der Waals surface area contributed by atoms with Crippen LogP contribution in [0.1, 0.15) is 31.4 Å². The number of benzene rings is 1. The van der Waals surface area contributed by atoms with Crippen molar-refractivity contribution in [2.45, 2.75) is 25.8 Å². The third-order valence-electron chi connectivity index (χ3n) is 3.77. The molecule has 2 unspecified atom stereocenters. The Hall–Kier alpha value is -2.06. The van der Waals surface area contributed by atoms with Gasteiger partial charge in [0.15, 0.2) is 0 Å². The summed E-state index contributed by atoms with van der Waals surface area (Å²) >= 11 is 0. The molecule has 0 aliphatic carbocycles. The Morgan fingerprint density at radius 2 is 2.43 bits per heavy atom. The molecule has 5 nitrogen and oxygen atoms in total. The van der Waals surface area contributed by atoms with Gasteiger partial charge in [-0.1, -0.05) is 12.1 Å². The van der Waals surface area contributed by atoms with E-state index >= 15 is 0 Å². The number of hydrogen-bond acceptors (Lipinski definition) is 4. The van der Waals surface area contributed by atoms with Gasteiger partial charge >= 0.3 is 5.97 Å². The minimum Gasteiger partial charge on any atom is -0.494 e. The van der Waals surface area contributed by atoms with Gasteiger partial charge in [0, 0.05) is 6.54 Å². The van der Waals surface area contributed by atoms with Crippen molar-refractivity contribution in [2.75, 3.05) is 19.7 Å². The van der Waals surface area contributed by atoms with E-state index in [1.54, 1.807) is 0 Å². The largest absolute Gasteiger partial charge is 0.494 e. The van der Waals surface area contributed by atoms with Gasteiger partial charge in [-0.3, -0.25) is 9.69 Å². The molecular formula is C16H20N2O3. The number of hydrogen-bond donors (Lipinski definition) is 1. The van der Waals surface area contributed by atoms with Crippen molar-refractivity contribution in [3.63, 3.8) is 0 Å². The number of nitriles is 1. The third kappa shape index (κ3) is 3.73. The van der Waals surface area contributed by atoms with Gasteiger partial charge in [-0.05, 0) is 44.0 Å². The highest BCUT2D eigenvalue weighted by atomic mass is 16.5. The molecule has 0 saturated carbocycles. The van der Waals surface area contributed by atoms with Crippen LogP contribution in [0.4, 0.5) is 0 Å². The summed E-state index contributed by atoms with van der Waals surface area (Å²) in [4.78, 5) is 13.1. The highest BCUT2D eigenvalue weighted by Gasteiger charge is 2.30. The Bertz CT molecular complexity index is 539. The molecule has 2 rings (SSSR count). The third-order valence-corrected chi connectivity index (χ3v) is 3.77. The average molecular weight is 288 g/mol. The SMILES string of the molecule is CCOc1cccc(C(C#N)N2CCCC(C(=O)O)C2)c1. The van der Waals surface area contributed by atoms with Crippen LogP contribution in [-0.4, -0.2) is 35.7 Å². The summed E-state index contributed by atoms with van der Waals surface area (Å²) in [5, 5.41) is 18.7. The summed E-state index contributed by atoms with van der Waals surface area (Å²) in [6, 6.07) is 9.35. The Balaban J connectivity index is 2.17. The molecule has 1 aliphatic rings. The number of carbonyl (C=O) groups is 1.